The Bertz CT molecular complexity index is 910. The van der Waals surface area contributed by atoms with Crippen LogP contribution in [-0.4, -0.2) is 29.9 Å². The topological polar surface area (TPSA) is 88.9 Å². The lowest BCUT2D eigenvalue weighted by atomic mass is 9.92. The van der Waals surface area contributed by atoms with Crippen molar-refractivity contribution in [1.82, 2.24) is 10.2 Å². The molecule has 3 rings (SSSR count). The van der Waals surface area contributed by atoms with Gasteiger partial charge in [-0.1, -0.05) is 29.3 Å². The third-order valence-corrected chi connectivity index (χ3v) is 4.65. The van der Waals surface area contributed by atoms with Crippen LogP contribution in [-0.2, 0) is 21.6 Å². The zero-order chi connectivity index (χ0) is 19.1. The number of benzene rings is 1. The largest absolute Gasteiger partial charge is 0.463 e. The number of urea groups is 1. The van der Waals surface area contributed by atoms with Crippen LogP contribution in [0.2, 0.25) is 10.0 Å². The molecule has 1 fully saturated rings. The minimum Gasteiger partial charge on any atom is -0.463 e. The summed E-state index contributed by atoms with van der Waals surface area (Å²) in [6.07, 6.45) is 0. The van der Waals surface area contributed by atoms with Gasteiger partial charge in [0, 0.05) is 15.6 Å². The zero-order valence-electron chi connectivity index (χ0n) is 13.8. The van der Waals surface area contributed by atoms with Gasteiger partial charge < -0.3 is 14.5 Å². The Morgan fingerprint density at radius 3 is 2.65 bits per heavy atom. The maximum Gasteiger partial charge on any atom is 0.373 e. The first-order valence-corrected chi connectivity index (χ1v) is 8.28. The van der Waals surface area contributed by atoms with Crippen LogP contribution < -0.4 is 5.32 Å². The number of rotatable bonds is 4. The second kappa shape index (κ2) is 6.66. The van der Waals surface area contributed by atoms with Crippen molar-refractivity contribution in [2.24, 2.45) is 0 Å². The lowest BCUT2D eigenvalue weighted by Crippen LogP contribution is -2.41. The van der Waals surface area contributed by atoms with Crippen LogP contribution in [0.15, 0.2) is 34.7 Å². The monoisotopic (exact) mass is 396 g/mol. The summed E-state index contributed by atoms with van der Waals surface area (Å²) in [6.45, 7) is 1.42. The van der Waals surface area contributed by atoms with Crippen LogP contribution >= 0.6 is 23.2 Å². The second-order valence-electron chi connectivity index (χ2n) is 5.83. The van der Waals surface area contributed by atoms with E-state index < -0.39 is 23.4 Å². The van der Waals surface area contributed by atoms with E-state index in [2.05, 4.69) is 10.1 Å². The number of ether oxygens (including phenoxy) is 1. The van der Waals surface area contributed by atoms with Crippen LogP contribution in [0, 0.1) is 0 Å². The van der Waals surface area contributed by atoms with Gasteiger partial charge in [-0.05, 0) is 31.2 Å². The number of furan rings is 1. The van der Waals surface area contributed by atoms with Gasteiger partial charge in [0.1, 0.15) is 11.3 Å². The van der Waals surface area contributed by atoms with Crippen molar-refractivity contribution in [2.45, 2.75) is 19.0 Å². The molecule has 0 aliphatic carbocycles. The molecule has 3 amide bonds. The highest BCUT2D eigenvalue weighted by Gasteiger charge is 2.50. The molecule has 0 bridgehead atoms. The number of hydrogen-bond acceptors (Lipinski definition) is 5. The zero-order valence-corrected chi connectivity index (χ0v) is 15.4. The van der Waals surface area contributed by atoms with Crippen LogP contribution in [0.3, 0.4) is 0 Å². The number of amides is 3. The minimum absolute atomic E-state index is 0.0157. The van der Waals surface area contributed by atoms with Crippen molar-refractivity contribution < 1.29 is 23.5 Å². The predicted octanol–water partition coefficient (Wildman–Crippen LogP) is 3.34. The smallest absolute Gasteiger partial charge is 0.373 e. The summed E-state index contributed by atoms with van der Waals surface area (Å²) >= 11 is 12.1. The van der Waals surface area contributed by atoms with E-state index in [-0.39, 0.29) is 23.1 Å². The first-order chi connectivity index (χ1) is 12.3. The molecule has 1 aliphatic rings. The number of esters is 1. The molecule has 7 nitrogen and oxygen atoms in total. The van der Waals surface area contributed by atoms with E-state index in [1.165, 1.54) is 25.3 Å². The number of nitrogens with one attached hydrogen (secondary N) is 1. The number of nitrogens with zero attached hydrogens (tertiary/aromatic N) is 1. The quantitative estimate of drug-likeness (QED) is 0.632. The van der Waals surface area contributed by atoms with Crippen molar-refractivity contribution in [3.8, 4) is 0 Å². The van der Waals surface area contributed by atoms with Crippen LogP contribution in [0.25, 0.3) is 0 Å². The van der Waals surface area contributed by atoms with Crippen molar-refractivity contribution in [3.63, 3.8) is 0 Å². The number of halogens is 2. The van der Waals surface area contributed by atoms with Gasteiger partial charge in [0.15, 0.2) is 0 Å². The van der Waals surface area contributed by atoms with Crippen LogP contribution in [0.1, 0.15) is 28.8 Å². The number of imide groups is 1. The first-order valence-electron chi connectivity index (χ1n) is 7.53. The Labute approximate surface area is 158 Å². The molecule has 1 aromatic heterocycles. The van der Waals surface area contributed by atoms with E-state index >= 15 is 0 Å². The standard InChI is InChI=1S/C17H14Cl2N2O5/c1-17(11-5-3-9(18)7-12(11)19)15(23)21(16(24)20-17)8-10-4-6-13(26-10)14(22)25-2/h3-7H,8H2,1-2H3,(H,20,24)/t17-/m0/s1. The predicted molar refractivity (Wildman–Crippen MR) is 92.9 cm³/mol. The van der Waals surface area contributed by atoms with Gasteiger partial charge in [0.2, 0.25) is 5.76 Å². The summed E-state index contributed by atoms with van der Waals surface area (Å²) in [6, 6.07) is 6.99. The normalized spacial score (nSPS) is 19.6. The number of hydrogen-bond donors (Lipinski definition) is 1. The Kier molecular flexibility index (Phi) is 4.68. The summed E-state index contributed by atoms with van der Waals surface area (Å²) in [7, 11) is 1.23. The fourth-order valence-electron chi connectivity index (χ4n) is 2.75. The average molecular weight is 397 g/mol. The van der Waals surface area contributed by atoms with Gasteiger partial charge >= 0.3 is 12.0 Å². The molecule has 1 saturated heterocycles. The highest BCUT2D eigenvalue weighted by Crippen LogP contribution is 2.35. The van der Waals surface area contributed by atoms with Crippen molar-refractivity contribution in [3.05, 3.63) is 57.5 Å². The molecule has 2 heterocycles. The minimum atomic E-state index is -1.34. The SMILES string of the molecule is COC(=O)c1ccc(CN2C(=O)N[C@@](C)(c3ccc(Cl)cc3Cl)C2=O)o1. The Morgan fingerprint density at radius 2 is 2.00 bits per heavy atom. The molecule has 1 aromatic carbocycles. The third kappa shape index (κ3) is 3.04. The molecule has 26 heavy (non-hydrogen) atoms. The van der Waals surface area contributed by atoms with Gasteiger partial charge in [-0.25, -0.2) is 9.59 Å². The second-order valence-corrected chi connectivity index (χ2v) is 6.67. The summed E-state index contributed by atoms with van der Waals surface area (Å²) in [5.74, 6) is -0.896. The maximum absolute atomic E-state index is 12.9. The number of carbonyl (C=O) groups excluding carboxylic acids is 3. The van der Waals surface area contributed by atoms with Crippen molar-refractivity contribution in [2.75, 3.05) is 7.11 Å². The molecular weight excluding hydrogens is 383 g/mol. The summed E-state index contributed by atoms with van der Waals surface area (Å²) in [4.78, 5) is 37.7. The van der Waals surface area contributed by atoms with Gasteiger partial charge in [-0.3, -0.25) is 9.69 Å². The van der Waals surface area contributed by atoms with E-state index in [1.807, 2.05) is 0 Å². The fourth-order valence-corrected chi connectivity index (χ4v) is 3.34. The molecule has 1 atom stereocenters. The highest BCUT2D eigenvalue weighted by molar-refractivity contribution is 6.35. The van der Waals surface area contributed by atoms with E-state index in [9.17, 15) is 14.4 Å². The van der Waals surface area contributed by atoms with E-state index in [0.29, 0.717) is 10.6 Å². The van der Waals surface area contributed by atoms with Crippen LogP contribution in [0.4, 0.5) is 4.79 Å². The molecule has 2 aromatic rings. The Hall–Kier alpha value is -2.51. The van der Waals surface area contributed by atoms with Gasteiger partial charge in [-0.2, -0.15) is 0 Å². The molecule has 9 heteroatoms. The summed E-state index contributed by atoms with van der Waals surface area (Å²) < 4.78 is 9.87. The van der Waals surface area contributed by atoms with E-state index in [4.69, 9.17) is 27.6 Å². The molecule has 1 aliphatic heterocycles. The highest BCUT2D eigenvalue weighted by atomic mass is 35.5. The number of carbonyl (C=O) groups is 3. The molecule has 136 valence electrons. The average Bonchev–Trinajstić information content (AvgIpc) is 3.13. The number of methoxy groups -OCH3 is 1. The van der Waals surface area contributed by atoms with Gasteiger partial charge in [-0.15, -0.1) is 0 Å². The molecule has 0 saturated carbocycles. The van der Waals surface area contributed by atoms with Gasteiger partial charge in [0.25, 0.3) is 5.91 Å². The Morgan fingerprint density at radius 1 is 1.27 bits per heavy atom. The Balaban J connectivity index is 1.87. The van der Waals surface area contributed by atoms with E-state index in [0.717, 1.165) is 4.90 Å². The molecule has 0 spiro atoms. The molecular formula is C17H14Cl2N2O5. The van der Waals surface area contributed by atoms with E-state index in [1.54, 1.807) is 19.1 Å². The molecule has 0 unspecified atom stereocenters. The summed E-state index contributed by atoms with van der Waals surface area (Å²) in [5.41, 5.74) is -0.907. The summed E-state index contributed by atoms with van der Waals surface area (Å²) in [5, 5.41) is 3.33. The van der Waals surface area contributed by atoms with Crippen molar-refractivity contribution >= 4 is 41.1 Å². The van der Waals surface area contributed by atoms with Gasteiger partial charge in [0.05, 0.1) is 13.7 Å². The third-order valence-electron chi connectivity index (χ3n) is 4.11. The molecule has 0 radical (unpaired) electrons. The van der Waals surface area contributed by atoms with Crippen molar-refractivity contribution in [1.29, 1.82) is 0 Å². The lowest BCUT2D eigenvalue weighted by Gasteiger charge is -2.23. The lowest BCUT2D eigenvalue weighted by molar-refractivity contribution is -0.131. The molecule has 1 N–H and O–H groups in total. The fraction of sp³-hybridized carbons (Fsp3) is 0.235. The van der Waals surface area contributed by atoms with Crippen LogP contribution in [0.5, 0.6) is 0 Å². The maximum atomic E-state index is 12.9. The first kappa shape index (κ1) is 18.3.